The van der Waals surface area contributed by atoms with Gasteiger partial charge in [0.25, 0.3) is 10.2 Å². The number of hydrogen-bond acceptors (Lipinski definition) is 3. The van der Waals surface area contributed by atoms with E-state index in [0.717, 1.165) is 4.90 Å². The largest absolute Gasteiger partial charge is 0.299 e. The lowest BCUT2D eigenvalue weighted by molar-refractivity contribution is 0.575. The van der Waals surface area contributed by atoms with Gasteiger partial charge in [-0.25, -0.2) is 0 Å². The number of hydrogen-bond donors (Lipinski definition) is 2. The summed E-state index contributed by atoms with van der Waals surface area (Å²) in [6.45, 7) is 3.55. The summed E-state index contributed by atoms with van der Waals surface area (Å²) in [5, 5.41) is 0. The molecule has 90 valence electrons. The summed E-state index contributed by atoms with van der Waals surface area (Å²) in [4.78, 5) is 1.10. The highest BCUT2D eigenvalue weighted by Crippen LogP contribution is 2.17. The summed E-state index contributed by atoms with van der Waals surface area (Å²) in [5.41, 5.74) is 0.561. The summed E-state index contributed by atoms with van der Waals surface area (Å²) in [5.74, 6) is 0. The Kier molecular flexibility index (Phi) is 4.64. The molecule has 1 rings (SSSR count). The predicted octanol–water partition coefficient (Wildman–Crippen LogP) is 2.06. The van der Waals surface area contributed by atoms with Crippen LogP contribution in [0.4, 0.5) is 5.69 Å². The van der Waals surface area contributed by atoms with E-state index in [1.807, 2.05) is 18.4 Å². The van der Waals surface area contributed by atoms with Gasteiger partial charge in [-0.15, -0.1) is 11.8 Å². The minimum absolute atomic E-state index is 0.122. The Morgan fingerprint density at radius 3 is 2.19 bits per heavy atom. The molecule has 0 bridgehead atoms. The van der Waals surface area contributed by atoms with Gasteiger partial charge in [-0.2, -0.15) is 13.1 Å². The third kappa shape index (κ3) is 4.42. The van der Waals surface area contributed by atoms with E-state index in [0.29, 0.717) is 5.69 Å². The lowest BCUT2D eigenvalue weighted by atomic mass is 10.3. The van der Waals surface area contributed by atoms with Crippen molar-refractivity contribution in [3.05, 3.63) is 24.3 Å². The zero-order valence-corrected chi connectivity index (χ0v) is 11.2. The molecule has 0 amide bonds. The maximum Gasteiger partial charge on any atom is 0.299 e. The lowest BCUT2D eigenvalue weighted by Crippen LogP contribution is -2.35. The van der Waals surface area contributed by atoms with E-state index in [-0.39, 0.29) is 6.04 Å². The molecule has 0 heterocycles. The predicted molar refractivity (Wildman–Crippen MR) is 69.0 cm³/mol. The molecule has 0 aliphatic rings. The van der Waals surface area contributed by atoms with Crippen LogP contribution in [0.1, 0.15) is 13.8 Å². The summed E-state index contributed by atoms with van der Waals surface area (Å²) < 4.78 is 28.0. The van der Waals surface area contributed by atoms with Gasteiger partial charge in [0.2, 0.25) is 0 Å². The molecule has 0 aliphatic carbocycles. The van der Waals surface area contributed by atoms with Crippen LogP contribution >= 0.6 is 11.8 Å². The first-order valence-electron chi connectivity index (χ1n) is 4.87. The molecule has 0 spiro atoms. The van der Waals surface area contributed by atoms with Crippen molar-refractivity contribution in [2.75, 3.05) is 11.0 Å². The Morgan fingerprint density at radius 2 is 1.75 bits per heavy atom. The first kappa shape index (κ1) is 13.3. The fourth-order valence-corrected chi connectivity index (χ4v) is 2.69. The van der Waals surface area contributed by atoms with Gasteiger partial charge in [-0.3, -0.25) is 4.72 Å². The molecule has 0 aliphatic heterocycles. The molecule has 2 N–H and O–H groups in total. The minimum atomic E-state index is -3.46. The molecule has 0 atom stereocenters. The lowest BCUT2D eigenvalue weighted by Gasteiger charge is -2.11. The van der Waals surface area contributed by atoms with Gasteiger partial charge in [0.05, 0.1) is 0 Å². The maximum absolute atomic E-state index is 11.5. The molecule has 1 aromatic carbocycles. The molecule has 1 aromatic rings. The van der Waals surface area contributed by atoms with Crippen LogP contribution in [0.25, 0.3) is 0 Å². The Labute approximate surface area is 101 Å². The topological polar surface area (TPSA) is 58.2 Å². The van der Waals surface area contributed by atoms with Crippen LogP contribution in [0.5, 0.6) is 0 Å². The van der Waals surface area contributed by atoms with Crippen LogP contribution in [0.15, 0.2) is 29.2 Å². The van der Waals surface area contributed by atoms with E-state index >= 15 is 0 Å². The van der Waals surface area contributed by atoms with Gasteiger partial charge in [-0.1, -0.05) is 0 Å². The number of rotatable bonds is 5. The van der Waals surface area contributed by atoms with E-state index in [9.17, 15) is 8.42 Å². The molecular formula is C10H16N2O2S2. The van der Waals surface area contributed by atoms with Crippen LogP contribution in [0.2, 0.25) is 0 Å². The highest BCUT2D eigenvalue weighted by Gasteiger charge is 2.10. The van der Waals surface area contributed by atoms with Gasteiger partial charge >= 0.3 is 0 Å². The standard InChI is InChI=1S/C10H16N2O2S2/c1-8(2)11-16(13,14)12-9-4-6-10(15-3)7-5-9/h4-8,11-12H,1-3H3. The molecular weight excluding hydrogens is 244 g/mol. The number of anilines is 1. The third-order valence-electron chi connectivity index (χ3n) is 1.73. The molecule has 4 nitrogen and oxygen atoms in total. The molecule has 6 heteroatoms. The zero-order chi connectivity index (χ0) is 12.2. The fraction of sp³-hybridized carbons (Fsp3) is 0.400. The van der Waals surface area contributed by atoms with Crippen LogP contribution in [0, 0.1) is 0 Å². The molecule has 0 saturated carbocycles. The first-order valence-corrected chi connectivity index (χ1v) is 7.58. The van der Waals surface area contributed by atoms with Crippen molar-refractivity contribution in [3.8, 4) is 0 Å². The van der Waals surface area contributed by atoms with Gasteiger partial charge < -0.3 is 0 Å². The Hall–Kier alpha value is -0.720. The molecule has 0 radical (unpaired) electrons. The average Bonchev–Trinajstić information content (AvgIpc) is 2.16. The highest BCUT2D eigenvalue weighted by molar-refractivity contribution is 7.98. The van der Waals surface area contributed by atoms with Crippen LogP contribution in [-0.2, 0) is 10.2 Å². The van der Waals surface area contributed by atoms with E-state index in [1.54, 1.807) is 37.7 Å². The van der Waals surface area contributed by atoms with Crippen molar-refractivity contribution in [1.29, 1.82) is 0 Å². The zero-order valence-electron chi connectivity index (χ0n) is 9.52. The molecule has 0 fully saturated rings. The van der Waals surface area contributed by atoms with E-state index in [4.69, 9.17) is 0 Å². The van der Waals surface area contributed by atoms with Crippen molar-refractivity contribution in [1.82, 2.24) is 4.72 Å². The minimum Gasteiger partial charge on any atom is -0.271 e. The van der Waals surface area contributed by atoms with Crippen LogP contribution in [-0.4, -0.2) is 20.7 Å². The molecule has 0 aromatic heterocycles. The third-order valence-corrected chi connectivity index (χ3v) is 3.76. The van der Waals surface area contributed by atoms with E-state index in [1.165, 1.54) is 0 Å². The summed E-state index contributed by atoms with van der Waals surface area (Å²) in [6.07, 6.45) is 1.97. The van der Waals surface area contributed by atoms with Crippen molar-refractivity contribution < 1.29 is 8.42 Å². The Balaban J connectivity index is 2.72. The van der Waals surface area contributed by atoms with Gasteiger partial charge in [-0.05, 0) is 44.4 Å². The van der Waals surface area contributed by atoms with Gasteiger partial charge in [0.1, 0.15) is 0 Å². The smallest absolute Gasteiger partial charge is 0.271 e. The number of nitrogens with one attached hydrogen (secondary N) is 2. The second-order valence-electron chi connectivity index (χ2n) is 3.61. The molecule has 0 unspecified atom stereocenters. The first-order chi connectivity index (χ1) is 7.43. The molecule has 0 saturated heterocycles. The number of thioether (sulfide) groups is 1. The van der Waals surface area contributed by atoms with Crippen molar-refractivity contribution in [2.45, 2.75) is 24.8 Å². The van der Waals surface area contributed by atoms with Crippen LogP contribution in [0.3, 0.4) is 0 Å². The van der Waals surface area contributed by atoms with Crippen molar-refractivity contribution >= 4 is 27.7 Å². The van der Waals surface area contributed by atoms with Gasteiger partial charge in [0.15, 0.2) is 0 Å². The second-order valence-corrected chi connectivity index (χ2v) is 5.93. The number of benzene rings is 1. The van der Waals surface area contributed by atoms with Crippen LogP contribution < -0.4 is 9.44 Å². The monoisotopic (exact) mass is 260 g/mol. The second kappa shape index (κ2) is 5.56. The van der Waals surface area contributed by atoms with Crippen molar-refractivity contribution in [3.63, 3.8) is 0 Å². The fourth-order valence-electron chi connectivity index (χ4n) is 1.15. The average molecular weight is 260 g/mol. The Morgan fingerprint density at radius 1 is 1.19 bits per heavy atom. The summed E-state index contributed by atoms with van der Waals surface area (Å²) in [6, 6.07) is 7.11. The van der Waals surface area contributed by atoms with Crippen molar-refractivity contribution in [2.24, 2.45) is 0 Å². The highest BCUT2D eigenvalue weighted by atomic mass is 32.2. The SMILES string of the molecule is CSc1ccc(NS(=O)(=O)NC(C)C)cc1. The molecule has 16 heavy (non-hydrogen) atoms. The van der Waals surface area contributed by atoms with E-state index in [2.05, 4.69) is 9.44 Å². The summed E-state index contributed by atoms with van der Waals surface area (Å²) in [7, 11) is -3.46. The quantitative estimate of drug-likeness (QED) is 0.797. The summed E-state index contributed by atoms with van der Waals surface area (Å²) >= 11 is 1.61. The van der Waals surface area contributed by atoms with E-state index < -0.39 is 10.2 Å². The normalized spacial score (nSPS) is 11.8. The van der Waals surface area contributed by atoms with Gasteiger partial charge in [0, 0.05) is 16.6 Å². The maximum atomic E-state index is 11.5. The Bertz CT molecular complexity index is 427.